The Labute approximate surface area is 138 Å². The van der Waals surface area contributed by atoms with Gasteiger partial charge in [-0.25, -0.2) is 8.42 Å². The molecule has 2 aliphatic heterocycles. The second-order valence-electron chi connectivity index (χ2n) is 6.64. The first-order chi connectivity index (χ1) is 10.9. The van der Waals surface area contributed by atoms with Crippen LogP contribution < -0.4 is 4.90 Å². The zero-order chi connectivity index (χ0) is 16.6. The molecular formula is C17H24N2O3S. The molecule has 0 N–H and O–H groups in total. The Bertz CT molecular complexity index is 709. The number of carbonyl (C=O) groups excluding carboxylic acids is 1. The van der Waals surface area contributed by atoms with E-state index in [1.54, 1.807) is 11.8 Å². The van der Waals surface area contributed by atoms with Crippen LogP contribution in [0.3, 0.4) is 0 Å². The summed E-state index contributed by atoms with van der Waals surface area (Å²) < 4.78 is 23.7. The van der Waals surface area contributed by atoms with Crippen molar-refractivity contribution in [2.24, 2.45) is 0 Å². The smallest absolute Gasteiger partial charge is 0.256 e. The van der Waals surface area contributed by atoms with Gasteiger partial charge in [0.1, 0.15) is 0 Å². The van der Waals surface area contributed by atoms with Gasteiger partial charge >= 0.3 is 0 Å². The van der Waals surface area contributed by atoms with Gasteiger partial charge in [0.05, 0.1) is 16.6 Å². The molecule has 5 nitrogen and oxygen atoms in total. The lowest BCUT2D eigenvalue weighted by Gasteiger charge is -2.32. The van der Waals surface area contributed by atoms with Crippen LogP contribution in [-0.4, -0.2) is 56.4 Å². The van der Waals surface area contributed by atoms with E-state index in [0.29, 0.717) is 12.1 Å². The Balaban J connectivity index is 1.88. The van der Waals surface area contributed by atoms with Gasteiger partial charge in [0.25, 0.3) is 5.91 Å². The number of hydrogen-bond donors (Lipinski definition) is 0. The third-order valence-electron chi connectivity index (χ3n) is 4.85. The first-order valence-corrected chi connectivity index (χ1v) is 9.96. The van der Waals surface area contributed by atoms with Gasteiger partial charge < -0.3 is 9.80 Å². The molecule has 23 heavy (non-hydrogen) atoms. The fourth-order valence-electron chi connectivity index (χ4n) is 3.36. The largest absolute Gasteiger partial charge is 0.371 e. The minimum Gasteiger partial charge on any atom is -0.371 e. The van der Waals surface area contributed by atoms with E-state index in [2.05, 4.69) is 4.90 Å². The van der Waals surface area contributed by atoms with Crippen molar-refractivity contribution in [2.45, 2.75) is 31.9 Å². The molecule has 3 rings (SSSR count). The number of benzene rings is 1. The minimum absolute atomic E-state index is 0.0441. The summed E-state index contributed by atoms with van der Waals surface area (Å²) in [6.07, 6.45) is 2.31. The maximum atomic E-state index is 13.0. The second kappa shape index (κ2) is 6.15. The zero-order valence-corrected chi connectivity index (χ0v) is 14.6. The number of nitrogens with zero attached hydrogens (tertiary/aromatic N) is 2. The molecule has 1 aromatic rings. The molecule has 0 radical (unpaired) electrons. The van der Waals surface area contributed by atoms with Gasteiger partial charge in [-0.3, -0.25) is 4.79 Å². The van der Waals surface area contributed by atoms with Gasteiger partial charge in [-0.2, -0.15) is 0 Å². The summed E-state index contributed by atoms with van der Waals surface area (Å²) in [5.41, 5.74) is 2.74. The summed E-state index contributed by atoms with van der Waals surface area (Å²) in [6, 6.07) is 6.00. The predicted molar refractivity (Wildman–Crippen MR) is 91.8 cm³/mol. The molecule has 0 saturated carbocycles. The van der Waals surface area contributed by atoms with Crippen LogP contribution in [0.1, 0.15) is 35.7 Å². The van der Waals surface area contributed by atoms with Crippen molar-refractivity contribution in [2.75, 3.05) is 36.8 Å². The summed E-state index contributed by atoms with van der Waals surface area (Å²) in [5, 5.41) is -0.486. The van der Waals surface area contributed by atoms with Crippen LogP contribution in [0.2, 0.25) is 0 Å². The number of amides is 1. The molecule has 2 heterocycles. The average Bonchev–Trinajstić information content (AvgIpc) is 3.03. The Kier molecular flexibility index (Phi) is 4.36. The van der Waals surface area contributed by atoms with E-state index < -0.39 is 15.1 Å². The lowest BCUT2D eigenvalue weighted by Crippen LogP contribution is -2.48. The highest BCUT2D eigenvalue weighted by Crippen LogP contribution is 2.27. The van der Waals surface area contributed by atoms with E-state index in [0.717, 1.165) is 37.2 Å². The Morgan fingerprint density at radius 1 is 1.17 bits per heavy atom. The SMILES string of the molecule is Cc1ccc(N2CCCC2)c(C(=O)N2CCS(=O)(=O)C(C)C2)c1. The summed E-state index contributed by atoms with van der Waals surface area (Å²) in [5.74, 6) is 0.0162. The van der Waals surface area contributed by atoms with Crippen LogP contribution >= 0.6 is 0 Å². The molecule has 0 bridgehead atoms. The molecule has 1 atom stereocenters. The van der Waals surface area contributed by atoms with Crippen LogP contribution in [0.25, 0.3) is 0 Å². The van der Waals surface area contributed by atoms with Gasteiger partial charge in [0.2, 0.25) is 0 Å². The van der Waals surface area contributed by atoms with Crippen molar-refractivity contribution in [1.82, 2.24) is 4.90 Å². The van der Waals surface area contributed by atoms with Crippen LogP contribution in [0.4, 0.5) is 5.69 Å². The van der Waals surface area contributed by atoms with Crippen molar-refractivity contribution in [3.8, 4) is 0 Å². The highest BCUT2D eigenvalue weighted by molar-refractivity contribution is 7.92. The molecule has 2 aliphatic rings. The molecule has 0 aromatic heterocycles. The molecule has 2 saturated heterocycles. The van der Waals surface area contributed by atoms with Gasteiger partial charge in [-0.05, 0) is 38.8 Å². The normalized spacial score (nSPS) is 24.0. The van der Waals surface area contributed by atoms with Crippen molar-refractivity contribution in [1.29, 1.82) is 0 Å². The Hall–Kier alpha value is -1.56. The molecule has 1 unspecified atom stereocenters. The standard InChI is InChI=1S/C17H24N2O3S/c1-13-5-6-16(18-7-3-4-8-18)15(11-13)17(20)19-9-10-23(21,22)14(2)12-19/h5-6,11,14H,3-4,7-10,12H2,1-2H3. The van der Waals surface area contributed by atoms with Gasteiger partial charge in [-0.15, -0.1) is 0 Å². The average molecular weight is 336 g/mol. The van der Waals surface area contributed by atoms with Crippen molar-refractivity contribution >= 4 is 21.4 Å². The highest BCUT2D eigenvalue weighted by atomic mass is 32.2. The molecule has 0 aliphatic carbocycles. The van der Waals surface area contributed by atoms with Gasteiger partial charge in [0, 0.05) is 31.9 Å². The zero-order valence-electron chi connectivity index (χ0n) is 13.8. The number of anilines is 1. The minimum atomic E-state index is -3.05. The monoisotopic (exact) mass is 336 g/mol. The van der Waals surface area contributed by atoms with E-state index in [-0.39, 0.29) is 18.2 Å². The summed E-state index contributed by atoms with van der Waals surface area (Å²) in [6.45, 7) is 6.20. The molecule has 1 amide bonds. The summed E-state index contributed by atoms with van der Waals surface area (Å²) in [7, 11) is -3.05. The predicted octanol–water partition coefficient (Wildman–Crippen LogP) is 1.85. The number of carbonyl (C=O) groups is 1. The number of rotatable bonds is 2. The summed E-state index contributed by atoms with van der Waals surface area (Å²) in [4.78, 5) is 16.9. The number of sulfone groups is 1. The molecule has 2 fully saturated rings. The second-order valence-corrected chi connectivity index (χ2v) is 9.18. The molecule has 126 valence electrons. The van der Waals surface area contributed by atoms with Crippen LogP contribution in [-0.2, 0) is 9.84 Å². The third kappa shape index (κ3) is 3.22. The molecule has 6 heteroatoms. The fourth-order valence-corrected chi connectivity index (χ4v) is 4.65. The number of aryl methyl sites for hydroxylation is 1. The van der Waals surface area contributed by atoms with E-state index in [9.17, 15) is 13.2 Å². The van der Waals surface area contributed by atoms with Gasteiger partial charge in [-0.1, -0.05) is 11.6 Å². The first-order valence-electron chi connectivity index (χ1n) is 8.25. The maximum absolute atomic E-state index is 13.0. The van der Waals surface area contributed by atoms with Crippen molar-refractivity contribution in [3.05, 3.63) is 29.3 Å². The van der Waals surface area contributed by atoms with E-state index in [1.807, 2.05) is 25.1 Å². The lowest BCUT2D eigenvalue weighted by molar-refractivity contribution is 0.0761. The number of hydrogen-bond acceptors (Lipinski definition) is 4. The maximum Gasteiger partial charge on any atom is 0.256 e. The molecule has 0 spiro atoms. The molecule has 1 aromatic carbocycles. The van der Waals surface area contributed by atoms with E-state index in [1.165, 1.54) is 0 Å². The van der Waals surface area contributed by atoms with E-state index in [4.69, 9.17) is 0 Å². The van der Waals surface area contributed by atoms with Crippen LogP contribution in [0.5, 0.6) is 0 Å². The quantitative estimate of drug-likeness (QED) is 0.827. The Morgan fingerprint density at radius 3 is 2.52 bits per heavy atom. The van der Waals surface area contributed by atoms with Gasteiger partial charge in [0.15, 0.2) is 9.84 Å². The van der Waals surface area contributed by atoms with Crippen molar-refractivity contribution < 1.29 is 13.2 Å². The third-order valence-corrected chi connectivity index (χ3v) is 6.98. The fraction of sp³-hybridized carbons (Fsp3) is 0.588. The Morgan fingerprint density at radius 2 is 1.87 bits per heavy atom. The topological polar surface area (TPSA) is 57.7 Å². The van der Waals surface area contributed by atoms with Crippen LogP contribution in [0, 0.1) is 6.92 Å². The highest BCUT2D eigenvalue weighted by Gasteiger charge is 2.33. The molecular weight excluding hydrogens is 312 g/mol. The van der Waals surface area contributed by atoms with Crippen molar-refractivity contribution in [3.63, 3.8) is 0 Å². The lowest BCUT2D eigenvalue weighted by atomic mass is 10.1. The first kappa shape index (κ1) is 16.3. The van der Waals surface area contributed by atoms with E-state index >= 15 is 0 Å². The van der Waals surface area contributed by atoms with Crippen LogP contribution in [0.15, 0.2) is 18.2 Å². The summed E-state index contributed by atoms with van der Waals surface area (Å²) >= 11 is 0.